The highest BCUT2D eigenvalue weighted by Gasteiger charge is 2.32. The molecule has 3 amide bonds. The summed E-state index contributed by atoms with van der Waals surface area (Å²) in [6.07, 6.45) is 1.02. The van der Waals surface area contributed by atoms with Crippen molar-refractivity contribution >= 4 is 35.0 Å². The Morgan fingerprint density at radius 2 is 1.88 bits per heavy atom. The zero-order chi connectivity index (χ0) is 23.8. The van der Waals surface area contributed by atoms with Crippen LogP contribution in [-0.4, -0.2) is 42.3 Å². The Morgan fingerprint density at radius 3 is 2.61 bits per heavy atom. The van der Waals surface area contributed by atoms with E-state index in [2.05, 4.69) is 16.0 Å². The summed E-state index contributed by atoms with van der Waals surface area (Å²) in [5, 5.41) is 11.9. The predicted octanol–water partition coefficient (Wildman–Crippen LogP) is 2.36. The second-order valence-corrected chi connectivity index (χ2v) is 9.08. The van der Waals surface area contributed by atoms with Gasteiger partial charge in [0.25, 0.3) is 5.91 Å². The topological polar surface area (TPSA) is 114 Å². The number of fused-ring (bicyclic) bond motifs is 1. The van der Waals surface area contributed by atoms with E-state index in [1.165, 1.54) is 11.3 Å². The molecule has 3 rings (SSSR count). The van der Waals surface area contributed by atoms with Crippen LogP contribution in [0.2, 0.25) is 0 Å². The molecular weight excluding hydrogens is 442 g/mol. The fourth-order valence-electron chi connectivity index (χ4n) is 3.59. The van der Waals surface area contributed by atoms with Crippen molar-refractivity contribution < 1.29 is 23.9 Å². The van der Waals surface area contributed by atoms with Crippen molar-refractivity contribution in [1.82, 2.24) is 16.0 Å². The number of carbonyl (C=O) groups excluding carboxylic acids is 4. The predicted molar refractivity (Wildman–Crippen MR) is 125 cm³/mol. The maximum Gasteiger partial charge on any atom is 0.408 e. The number of hydrogen-bond donors (Lipinski definition) is 3. The average molecular weight is 472 g/mol. The molecule has 1 aromatic heterocycles. The minimum atomic E-state index is -1.02. The van der Waals surface area contributed by atoms with Gasteiger partial charge in [-0.3, -0.25) is 14.4 Å². The minimum Gasteiger partial charge on any atom is -0.445 e. The molecule has 0 spiro atoms. The molecule has 2 heterocycles. The number of thiophene rings is 1. The molecule has 3 N–H and O–H groups in total. The van der Waals surface area contributed by atoms with E-state index in [-0.39, 0.29) is 18.9 Å². The van der Waals surface area contributed by atoms with Crippen LogP contribution in [0.3, 0.4) is 0 Å². The van der Waals surface area contributed by atoms with E-state index in [0.717, 1.165) is 29.5 Å². The number of benzene rings is 1. The summed E-state index contributed by atoms with van der Waals surface area (Å²) in [6, 6.07) is 7.25. The smallest absolute Gasteiger partial charge is 0.408 e. The average Bonchev–Trinajstić information content (AvgIpc) is 3.24. The molecule has 176 valence electrons. The van der Waals surface area contributed by atoms with Crippen LogP contribution in [0.25, 0.3) is 0 Å². The lowest BCUT2D eigenvalue weighted by Crippen LogP contribution is -2.56. The van der Waals surface area contributed by atoms with Crippen molar-refractivity contribution in [2.24, 2.45) is 5.92 Å². The quantitative estimate of drug-likeness (QED) is 0.560. The Bertz CT molecular complexity index is 989. The van der Waals surface area contributed by atoms with E-state index in [4.69, 9.17) is 4.74 Å². The molecule has 0 saturated carbocycles. The summed E-state index contributed by atoms with van der Waals surface area (Å²) in [4.78, 5) is 50.4. The molecule has 1 aromatic carbocycles. The molecule has 9 heteroatoms. The van der Waals surface area contributed by atoms with E-state index in [1.54, 1.807) is 13.8 Å². The molecule has 1 aliphatic heterocycles. The summed E-state index contributed by atoms with van der Waals surface area (Å²) in [6.45, 7) is 4.02. The van der Waals surface area contributed by atoms with Gasteiger partial charge in [0.2, 0.25) is 11.7 Å². The van der Waals surface area contributed by atoms with Gasteiger partial charge in [0, 0.05) is 13.0 Å². The molecule has 0 saturated heterocycles. The molecule has 0 fully saturated rings. The van der Waals surface area contributed by atoms with Gasteiger partial charge in [-0.1, -0.05) is 44.2 Å². The minimum absolute atomic E-state index is 0.0708. The molecule has 0 aliphatic carbocycles. The highest BCUT2D eigenvalue weighted by atomic mass is 32.1. The number of hydrogen-bond acceptors (Lipinski definition) is 6. The first-order valence-electron chi connectivity index (χ1n) is 11.0. The Balaban J connectivity index is 1.67. The largest absolute Gasteiger partial charge is 0.445 e. The summed E-state index contributed by atoms with van der Waals surface area (Å²) in [5.74, 6) is -2.22. The van der Waals surface area contributed by atoms with Crippen LogP contribution in [0.4, 0.5) is 4.79 Å². The molecule has 1 aliphatic rings. The monoisotopic (exact) mass is 471 g/mol. The maximum absolute atomic E-state index is 13.1. The first kappa shape index (κ1) is 24.4. The van der Waals surface area contributed by atoms with Gasteiger partial charge in [0.1, 0.15) is 18.7 Å². The fourth-order valence-corrected chi connectivity index (χ4v) is 4.51. The summed E-state index contributed by atoms with van der Waals surface area (Å²) < 4.78 is 5.23. The lowest BCUT2D eigenvalue weighted by atomic mass is 9.96. The van der Waals surface area contributed by atoms with Gasteiger partial charge in [-0.05, 0) is 46.2 Å². The molecule has 2 atom stereocenters. The first-order valence-corrected chi connectivity index (χ1v) is 11.9. The molecule has 0 radical (unpaired) electrons. The lowest BCUT2D eigenvalue weighted by molar-refractivity contribution is -0.140. The van der Waals surface area contributed by atoms with Gasteiger partial charge in [-0.25, -0.2) is 4.79 Å². The van der Waals surface area contributed by atoms with E-state index >= 15 is 0 Å². The Hall–Kier alpha value is -3.20. The van der Waals surface area contributed by atoms with Crippen LogP contribution >= 0.6 is 11.3 Å². The van der Waals surface area contributed by atoms with Gasteiger partial charge in [0.05, 0.1) is 0 Å². The number of rotatable bonds is 6. The van der Waals surface area contributed by atoms with Gasteiger partial charge < -0.3 is 20.7 Å². The summed E-state index contributed by atoms with van der Waals surface area (Å²) >= 11 is 1.53. The second kappa shape index (κ2) is 11.6. The number of amides is 3. The van der Waals surface area contributed by atoms with Gasteiger partial charge in [-0.2, -0.15) is 11.3 Å². The molecule has 2 unspecified atom stereocenters. The van der Waals surface area contributed by atoms with Crippen molar-refractivity contribution in [2.45, 2.75) is 51.8 Å². The van der Waals surface area contributed by atoms with Gasteiger partial charge >= 0.3 is 6.09 Å². The highest BCUT2D eigenvalue weighted by molar-refractivity contribution is 7.08. The van der Waals surface area contributed by atoms with Crippen LogP contribution in [0.5, 0.6) is 0 Å². The van der Waals surface area contributed by atoms with Gasteiger partial charge in [-0.15, -0.1) is 0 Å². The number of nitrogens with one attached hydrogen (secondary N) is 3. The molecular formula is C24H29N3O5S. The van der Waals surface area contributed by atoms with Crippen molar-refractivity contribution in [2.75, 3.05) is 6.54 Å². The first-order chi connectivity index (χ1) is 15.8. The van der Waals surface area contributed by atoms with E-state index in [9.17, 15) is 19.2 Å². The summed E-state index contributed by atoms with van der Waals surface area (Å²) in [7, 11) is 0. The van der Waals surface area contributed by atoms with Crippen molar-refractivity contribution in [1.29, 1.82) is 0 Å². The SMILES string of the molecule is CC(C)C(NC(=O)OCc1ccccc1)C(=O)NC1Cc2cscc2CCCNC(=O)C1=O. The van der Waals surface area contributed by atoms with E-state index in [0.29, 0.717) is 6.54 Å². The second-order valence-electron chi connectivity index (χ2n) is 8.34. The third kappa shape index (κ3) is 6.89. The highest BCUT2D eigenvalue weighted by Crippen LogP contribution is 2.20. The molecule has 0 bridgehead atoms. The number of ketones is 1. The van der Waals surface area contributed by atoms with E-state index in [1.807, 2.05) is 41.1 Å². The van der Waals surface area contributed by atoms with Crippen LogP contribution in [0.1, 0.15) is 37.0 Å². The van der Waals surface area contributed by atoms with Crippen LogP contribution in [-0.2, 0) is 38.6 Å². The van der Waals surface area contributed by atoms with E-state index < -0.39 is 35.8 Å². The number of aryl methyl sites for hydroxylation is 1. The number of alkyl carbamates (subject to hydrolysis) is 1. The zero-order valence-electron chi connectivity index (χ0n) is 18.8. The number of Topliss-reactive ketones (excluding diaryl/α,β-unsaturated/α-hetero) is 1. The van der Waals surface area contributed by atoms with Crippen LogP contribution in [0, 0.1) is 5.92 Å². The van der Waals surface area contributed by atoms with Gasteiger partial charge in [0.15, 0.2) is 0 Å². The Morgan fingerprint density at radius 1 is 1.15 bits per heavy atom. The van der Waals surface area contributed by atoms with Crippen molar-refractivity contribution in [3.8, 4) is 0 Å². The number of ether oxygens (including phenoxy) is 1. The third-order valence-electron chi connectivity index (χ3n) is 5.46. The lowest BCUT2D eigenvalue weighted by Gasteiger charge is -2.25. The van der Waals surface area contributed by atoms with Crippen LogP contribution < -0.4 is 16.0 Å². The molecule has 33 heavy (non-hydrogen) atoms. The fraction of sp³-hybridized carbons (Fsp3) is 0.417. The third-order valence-corrected chi connectivity index (χ3v) is 6.30. The normalized spacial score (nSPS) is 17.5. The molecule has 2 aromatic rings. The Kier molecular flexibility index (Phi) is 8.59. The number of carbonyl (C=O) groups is 4. The van der Waals surface area contributed by atoms with Crippen molar-refractivity contribution in [3.05, 3.63) is 57.8 Å². The Labute approximate surface area is 197 Å². The van der Waals surface area contributed by atoms with Crippen LogP contribution in [0.15, 0.2) is 41.1 Å². The van der Waals surface area contributed by atoms with Crippen molar-refractivity contribution in [3.63, 3.8) is 0 Å². The maximum atomic E-state index is 13.1. The zero-order valence-corrected chi connectivity index (χ0v) is 19.6. The standard InChI is InChI=1S/C24H29N3O5S/c1-15(2)20(27-24(31)32-12-16-7-4-3-5-8-16)22(29)26-19-11-18-14-33-13-17(18)9-6-10-25-23(30)21(19)28/h3-5,7-8,13-15,19-20H,6,9-12H2,1-2H3,(H,25,30)(H,26,29)(H,27,31). The molecule has 8 nitrogen and oxygen atoms in total. The summed E-state index contributed by atoms with van der Waals surface area (Å²) in [5.41, 5.74) is 2.89.